The molecule has 2 saturated heterocycles. The molecule has 0 radical (unpaired) electrons. The van der Waals surface area contributed by atoms with Crippen molar-refractivity contribution < 1.29 is 46.7 Å². The standard InChI is InChI=1S/C51H58O10Si/c1-52-51-50(57-35-41-27-17-8-18-28-41)49(56-34-40-25-15-7-16-26-40)47-43(59-51)30-29-42-46(60-62(2,3)61-47)48(55-33-39-23-13-6-14-24-39)45(54-32-38-21-11-5-12-22-38)44(58-42)36-53-31-37-19-9-4-10-20-37/h4-30,42-51H,31-36H2,1-3H3/t42-,43+,44+,45+,46-,47+,48-,49-,50+,51-/m0/s1. The molecule has 0 unspecified atom stereocenters. The second-order valence-electron chi connectivity index (χ2n) is 16.3. The van der Waals surface area contributed by atoms with Crippen LogP contribution >= 0.6 is 0 Å². The fourth-order valence-corrected chi connectivity index (χ4v) is 10.2. The fourth-order valence-electron chi connectivity index (χ4n) is 8.27. The Kier molecular flexibility index (Phi) is 15.6. The van der Waals surface area contributed by atoms with Crippen molar-refractivity contribution in [1.29, 1.82) is 0 Å². The van der Waals surface area contributed by atoms with Crippen LogP contribution in [0.3, 0.4) is 0 Å². The van der Waals surface area contributed by atoms with Gasteiger partial charge in [0.05, 0.1) is 39.6 Å². The lowest BCUT2D eigenvalue weighted by Gasteiger charge is -2.48. The van der Waals surface area contributed by atoms with Crippen LogP contribution < -0.4 is 0 Å². The van der Waals surface area contributed by atoms with Crippen LogP contribution in [-0.4, -0.2) is 83.5 Å². The minimum absolute atomic E-state index is 0.262. The van der Waals surface area contributed by atoms with Crippen LogP contribution in [0.4, 0.5) is 0 Å². The molecule has 11 heteroatoms. The number of fused-ring (bicyclic) bond motifs is 2. The van der Waals surface area contributed by atoms with Crippen molar-refractivity contribution in [2.75, 3.05) is 13.7 Å². The number of rotatable bonds is 17. The Labute approximate surface area is 366 Å². The maximum atomic E-state index is 7.26. The van der Waals surface area contributed by atoms with Crippen LogP contribution in [0.5, 0.6) is 0 Å². The summed E-state index contributed by atoms with van der Waals surface area (Å²) in [5, 5.41) is 0. The van der Waals surface area contributed by atoms with Gasteiger partial charge in [-0.25, -0.2) is 0 Å². The van der Waals surface area contributed by atoms with Crippen LogP contribution in [0.25, 0.3) is 0 Å². The third-order valence-electron chi connectivity index (χ3n) is 11.3. The lowest BCUT2D eigenvalue weighted by atomic mass is 9.92. The molecule has 5 aromatic rings. The van der Waals surface area contributed by atoms with E-state index in [2.05, 4.69) is 36.4 Å². The lowest BCUT2D eigenvalue weighted by molar-refractivity contribution is -0.300. The van der Waals surface area contributed by atoms with Gasteiger partial charge in [-0.15, -0.1) is 0 Å². The predicted molar refractivity (Wildman–Crippen MR) is 237 cm³/mol. The zero-order valence-corrected chi connectivity index (χ0v) is 36.7. The van der Waals surface area contributed by atoms with Crippen LogP contribution in [0.2, 0.25) is 13.1 Å². The molecule has 62 heavy (non-hydrogen) atoms. The summed E-state index contributed by atoms with van der Waals surface area (Å²) < 4.78 is 68.0. The molecule has 2 fully saturated rings. The first-order valence-electron chi connectivity index (χ1n) is 21.5. The molecule has 8 rings (SSSR count). The molecule has 0 N–H and O–H groups in total. The average molecular weight is 859 g/mol. The van der Waals surface area contributed by atoms with Gasteiger partial charge in [-0.1, -0.05) is 164 Å². The van der Waals surface area contributed by atoms with Gasteiger partial charge in [0.15, 0.2) is 6.29 Å². The van der Waals surface area contributed by atoms with Crippen LogP contribution in [-0.2, 0) is 79.8 Å². The van der Waals surface area contributed by atoms with Crippen molar-refractivity contribution in [3.05, 3.63) is 192 Å². The van der Waals surface area contributed by atoms with E-state index in [4.69, 9.17) is 46.7 Å². The summed E-state index contributed by atoms with van der Waals surface area (Å²) in [6, 6.07) is 50.5. The maximum absolute atomic E-state index is 7.26. The van der Waals surface area contributed by atoms with E-state index in [0.717, 1.165) is 27.8 Å². The van der Waals surface area contributed by atoms with Gasteiger partial charge in [-0.05, 0) is 40.9 Å². The summed E-state index contributed by atoms with van der Waals surface area (Å²) in [5.74, 6) is 0. The lowest BCUT2D eigenvalue weighted by Crippen LogP contribution is -2.64. The molecule has 0 bridgehead atoms. The molecular formula is C51H58O10Si. The fraction of sp³-hybridized carbons (Fsp3) is 0.373. The van der Waals surface area contributed by atoms with Gasteiger partial charge < -0.3 is 46.7 Å². The summed E-state index contributed by atoms with van der Waals surface area (Å²) in [6.07, 6.45) is -2.06. The predicted octanol–water partition coefficient (Wildman–Crippen LogP) is 8.73. The van der Waals surface area contributed by atoms with Crippen molar-refractivity contribution >= 4 is 8.56 Å². The second kappa shape index (κ2) is 21.8. The summed E-state index contributed by atoms with van der Waals surface area (Å²) in [5.41, 5.74) is 5.18. The first-order valence-corrected chi connectivity index (χ1v) is 24.4. The smallest absolute Gasteiger partial charge is 0.332 e. The van der Waals surface area contributed by atoms with E-state index >= 15 is 0 Å². The normalized spacial score (nSPS) is 28.2. The summed E-state index contributed by atoms with van der Waals surface area (Å²) in [6.45, 7) is 6.14. The first-order chi connectivity index (χ1) is 30.4. The molecule has 3 heterocycles. The highest BCUT2D eigenvalue weighted by atomic mass is 28.4. The van der Waals surface area contributed by atoms with Gasteiger partial charge in [-0.3, -0.25) is 0 Å². The highest BCUT2D eigenvalue weighted by Crippen LogP contribution is 2.38. The monoisotopic (exact) mass is 858 g/mol. The molecule has 3 aliphatic rings. The zero-order valence-electron chi connectivity index (χ0n) is 35.7. The Morgan fingerprint density at radius 3 is 1.21 bits per heavy atom. The van der Waals surface area contributed by atoms with Crippen molar-refractivity contribution in [1.82, 2.24) is 0 Å². The summed E-state index contributed by atoms with van der Waals surface area (Å²) in [4.78, 5) is 0. The van der Waals surface area contributed by atoms with Crippen LogP contribution in [0.15, 0.2) is 164 Å². The molecule has 0 amide bonds. The van der Waals surface area contributed by atoms with Gasteiger partial charge in [-0.2, -0.15) is 0 Å². The molecule has 10 nitrogen and oxygen atoms in total. The molecule has 10 atom stereocenters. The Morgan fingerprint density at radius 2 is 0.790 bits per heavy atom. The Bertz CT molecular complexity index is 2080. The minimum atomic E-state index is -3.12. The Morgan fingerprint density at radius 1 is 0.435 bits per heavy atom. The van der Waals surface area contributed by atoms with Crippen molar-refractivity contribution in [2.24, 2.45) is 0 Å². The van der Waals surface area contributed by atoms with E-state index in [1.165, 1.54) is 0 Å². The molecule has 5 aromatic carbocycles. The van der Waals surface area contributed by atoms with Gasteiger partial charge in [0.25, 0.3) is 0 Å². The number of benzene rings is 5. The summed E-state index contributed by atoms with van der Waals surface area (Å²) >= 11 is 0. The minimum Gasteiger partial charge on any atom is -0.385 e. The van der Waals surface area contributed by atoms with E-state index < -0.39 is 69.8 Å². The molecule has 3 aliphatic heterocycles. The van der Waals surface area contributed by atoms with E-state index in [-0.39, 0.29) is 6.61 Å². The van der Waals surface area contributed by atoms with Gasteiger partial charge in [0, 0.05) is 7.11 Å². The van der Waals surface area contributed by atoms with E-state index in [1.54, 1.807) is 7.11 Å². The quantitative estimate of drug-likeness (QED) is 0.0668. The average Bonchev–Trinajstić information content (AvgIpc) is 3.36. The molecule has 0 saturated carbocycles. The molecule has 326 valence electrons. The van der Waals surface area contributed by atoms with Crippen molar-refractivity contribution in [3.63, 3.8) is 0 Å². The van der Waals surface area contributed by atoms with Gasteiger partial charge >= 0.3 is 8.56 Å². The highest BCUT2D eigenvalue weighted by Gasteiger charge is 2.54. The Balaban J connectivity index is 1.12. The number of hydrogen-bond acceptors (Lipinski definition) is 10. The van der Waals surface area contributed by atoms with Crippen molar-refractivity contribution in [3.8, 4) is 0 Å². The second-order valence-corrected chi connectivity index (χ2v) is 19.6. The molecule has 0 aliphatic carbocycles. The molecule has 0 aromatic heterocycles. The number of ether oxygens (including phenoxy) is 8. The van der Waals surface area contributed by atoms with Gasteiger partial charge in [0.2, 0.25) is 0 Å². The van der Waals surface area contributed by atoms with Crippen LogP contribution in [0.1, 0.15) is 27.8 Å². The first kappa shape index (κ1) is 44.3. The SMILES string of the molecule is CO[C@H]1O[C@@H]2C=C[C@@H]3O[C@H](COCc4ccccc4)[C@@H](OCc4ccccc4)[C@H](OCc4ccccc4)[C@H]3O[Si](C)(C)O[C@H]2[C@H](OCc2ccccc2)[C@H]1OCc1ccccc1. The third-order valence-corrected chi connectivity index (χ3v) is 13.0. The van der Waals surface area contributed by atoms with Crippen molar-refractivity contribution in [2.45, 2.75) is 107 Å². The largest absolute Gasteiger partial charge is 0.385 e. The van der Waals surface area contributed by atoms with E-state index in [0.29, 0.717) is 33.0 Å². The van der Waals surface area contributed by atoms with Gasteiger partial charge in [0.1, 0.15) is 54.9 Å². The van der Waals surface area contributed by atoms with Crippen LogP contribution in [0, 0.1) is 0 Å². The third kappa shape index (κ3) is 11.8. The van der Waals surface area contributed by atoms with E-state index in [9.17, 15) is 0 Å². The molecule has 0 spiro atoms. The zero-order chi connectivity index (χ0) is 42.6. The number of hydrogen-bond donors (Lipinski definition) is 0. The van der Waals surface area contributed by atoms with E-state index in [1.807, 2.05) is 141 Å². The molecular weight excluding hydrogens is 801 g/mol. The maximum Gasteiger partial charge on any atom is 0.332 e. The number of methoxy groups -OCH3 is 1. The summed E-state index contributed by atoms with van der Waals surface area (Å²) in [7, 11) is -1.49. The topological polar surface area (TPSA) is 92.3 Å². The highest BCUT2D eigenvalue weighted by molar-refractivity contribution is 6.64. The Hall–Kier alpha value is -4.34.